The van der Waals surface area contributed by atoms with E-state index in [0.29, 0.717) is 0 Å². The van der Waals surface area contributed by atoms with Crippen LogP contribution >= 0.6 is 0 Å². The molecule has 5 rings (SSSR count). The number of benzene rings is 2. The van der Waals surface area contributed by atoms with Gasteiger partial charge in [0.25, 0.3) is 0 Å². The molecule has 9 N–H and O–H groups in total. The van der Waals surface area contributed by atoms with Gasteiger partial charge in [0.2, 0.25) is 23.8 Å². The summed E-state index contributed by atoms with van der Waals surface area (Å²) >= 11 is 0. The second kappa shape index (κ2) is 12.1. The maximum atomic E-state index is 13.8. The predicted octanol–water partition coefficient (Wildman–Crippen LogP) is -2.12. The Bertz CT molecular complexity index is 1520. The summed E-state index contributed by atoms with van der Waals surface area (Å²) in [5.74, 6) is -2.08. The van der Waals surface area contributed by atoms with Crippen molar-refractivity contribution in [3.8, 4) is 40.1 Å². The van der Waals surface area contributed by atoms with Crippen molar-refractivity contribution in [3.63, 3.8) is 0 Å². The largest absolute Gasteiger partial charge is 0.507 e. The minimum atomic E-state index is -1.89. The number of ether oxygens (including phenoxy) is 5. The van der Waals surface area contributed by atoms with Crippen molar-refractivity contribution < 1.29 is 74.1 Å². The fraction of sp³-hybridized carbons (Fsp3) is 0.444. The van der Waals surface area contributed by atoms with Gasteiger partial charge in [-0.15, -0.1) is 0 Å². The number of methoxy groups -OCH3 is 1. The van der Waals surface area contributed by atoms with Crippen LogP contribution in [0.3, 0.4) is 0 Å². The van der Waals surface area contributed by atoms with Crippen LogP contribution in [-0.2, 0) is 9.47 Å². The van der Waals surface area contributed by atoms with Crippen LogP contribution in [0.2, 0.25) is 0 Å². The van der Waals surface area contributed by atoms with Crippen molar-refractivity contribution >= 4 is 11.0 Å². The molecule has 0 amide bonds. The van der Waals surface area contributed by atoms with Gasteiger partial charge in [-0.3, -0.25) is 4.79 Å². The Balaban J connectivity index is 1.62. The van der Waals surface area contributed by atoms with Crippen molar-refractivity contribution in [1.29, 1.82) is 0 Å². The molecular formula is C27H30O16. The van der Waals surface area contributed by atoms with Gasteiger partial charge in [-0.25, -0.2) is 0 Å². The van der Waals surface area contributed by atoms with Gasteiger partial charge in [0.1, 0.15) is 65.2 Å². The maximum absolute atomic E-state index is 13.8. The van der Waals surface area contributed by atoms with Crippen LogP contribution in [0.25, 0.3) is 22.3 Å². The molecule has 2 aromatic carbocycles. The SMILES string of the molecule is COc1cc(-c2oc3cc(O[C@H]4OC[C@H](O)[C@H](O)[C@@H]4O)cc(O)c3c(=O)c2O[C@@H]2O[C@H](CO)[C@@H](O)[C@@H](O)[C@H]2O)ccc1O. The van der Waals surface area contributed by atoms with Gasteiger partial charge >= 0.3 is 0 Å². The van der Waals surface area contributed by atoms with Crippen molar-refractivity contribution in [3.05, 3.63) is 40.6 Å². The molecule has 16 heteroatoms. The monoisotopic (exact) mass is 610 g/mol. The van der Waals surface area contributed by atoms with Crippen LogP contribution in [0.15, 0.2) is 39.5 Å². The smallest absolute Gasteiger partial charge is 0.239 e. The number of hydrogen-bond donors (Lipinski definition) is 9. The minimum Gasteiger partial charge on any atom is -0.507 e. The third-order valence-corrected chi connectivity index (χ3v) is 7.14. The zero-order valence-electron chi connectivity index (χ0n) is 22.4. The van der Waals surface area contributed by atoms with Gasteiger partial charge in [-0.1, -0.05) is 0 Å². The Morgan fingerprint density at radius 3 is 2.28 bits per heavy atom. The highest BCUT2D eigenvalue weighted by molar-refractivity contribution is 5.88. The molecule has 0 saturated carbocycles. The van der Waals surface area contributed by atoms with E-state index >= 15 is 0 Å². The highest BCUT2D eigenvalue weighted by atomic mass is 16.7. The molecule has 3 aromatic rings. The number of hydrogen-bond acceptors (Lipinski definition) is 16. The number of aromatic hydroxyl groups is 2. The molecule has 0 radical (unpaired) electrons. The summed E-state index contributed by atoms with van der Waals surface area (Å²) in [5, 5.41) is 90.7. The van der Waals surface area contributed by atoms with Gasteiger partial charge in [0, 0.05) is 17.7 Å². The first-order valence-corrected chi connectivity index (χ1v) is 13.0. The summed E-state index contributed by atoms with van der Waals surface area (Å²) in [6.07, 6.45) is -14.6. The topological polar surface area (TPSA) is 258 Å². The van der Waals surface area contributed by atoms with Crippen LogP contribution < -0.4 is 19.6 Å². The summed E-state index contributed by atoms with van der Waals surface area (Å²) < 4.78 is 32.9. The van der Waals surface area contributed by atoms with E-state index < -0.39 is 84.2 Å². The number of phenols is 2. The number of fused-ring (bicyclic) bond motifs is 1. The molecule has 2 fully saturated rings. The van der Waals surface area contributed by atoms with Crippen LogP contribution in [0.5, 0.6) is 28.7 Å². The van der Waals surface area contributed by atoms with Gasteiger partial charge in [-0.05, 0) is 18.2 Å². The zero-order valence-corrected chi connectivity index (χ0v) is 22.4. The summed E-state index contributed by atoms with van der Waals surface area (Å²) in [6.45, 7) is -1.12. The van der Waals surface area contributed by atoms with Gasteiger partial charge in [0.05, 0.1) is 20.3 Å². The number of rotatable bonds is 7. The second-order valence-electron chi connectivity index (χ2n) is 9.97. The molecule has 0 aliphatic carbocycles. The molecular weight excluding hydrogens is 580 g/mol. The van der Waals surface area contributed by atoms with E-state index in [2.05, 4.69) is 0 Å². The van der Waals surface area contributed by atoms with E-state index in [-0.39, 0.29) is 40.8 Å². The molecule has 43 heavy (non-hydrogen) atoms. The van der Waals surface area contributed by atoms with Crippen molar-refractivity contribution in [2.75, 3.05) is 20.3 Å². The zero-order chi connectivity index (χ0) is 31.2. The van der Waals surface area contributed by atoms with Crippen LogP contribution in [0.1, 0.15) is 0 Å². The Kier molecular flexibility index (Phi) is 8.66. The summed E-state index contributed by atoms with van der Waals surface area (Å²) in [5.41, 5.74) is -1.16. The highest BCUT2D eigenvalue weighted by Gasteiger charge is 2.45. The molecule has 1 aromatic heterocycles. The van der Waals surface area contributed by atoms with Crippen LogP contribution in [-0.4, -0.2) is 122 Å². The Labute approximate surface area is 241 Å². The first-order chi connectivity index (χ1) is 20.4. The molecule has 0 spiro atoms. The lowest BCUT2D eigenvalue weighted by Gasteiger charge is -2.39. The number of aliphatic hydroxyl groups is 7. The lowest BCUT2D eigenvalue weighted by Crippen LogP contribution is -2.60. The number of phenolic OH excluding ortho intramolecular Hbond substituents is 2. The summed E-state index contributed by atoms with van der Waals surface area (Å²) in [6, 6.07) is 6.02. The Morgan fingerprint density at radius 1 is 0.860 bits per heavy atom. The van der Waals surface area contributed by atoms with Crippen molar-refractivity contribution in [2.24, 2.45) is 0 Å². The van der Waals surface area contributed by atoms with Gasteiger partial charge < -0.3 is 74.1 Å². The molecule has 16 nitrogen and oxygen atoms in total. The minimum absolute atomic E-state index is 0.0249. The van der Waals surface area contributed by atoms with Crippen molar-refractivity contribution in [1.82, 2.24) is 0 Å². The third kappa shape index (κ3) is 5.67. The van der Waals surface area contributed by atoms with Crippen LogP contribution in [0.4, 0.5) is 0 Å². The molecule has 0 unspecified atom stereocenters. The average Bonchev–Trinajstić information content (AvgIpc) is 2.98. The number of aliphatic hydroxyl groups excluding tert-OH is 7. The van der Waals surface area contributed by atoms with E-state index in [9.17, 15) is 50.8 Å². The first-order valence-electron chi connectivity index (χ1n) is 13.0. The van der Waals surface area contributed by atoms with Crippen LogP contribution in [0, 0.1) is 0 Å². The van der Waals surface area contributed by atoms with E-state index in [1.54, 1.807) is 0 Å². The summed E-state index contributed by atoms with van der Waals surface area (Å²) in [7, 11) is 1.28. The fourth-order valence-corrected chi connectivity index (χ4v) is 4.74. The second-order valence-corrected chi connectivity index (χ2v) is 9.97. The first kappa shape index (κ1) is 30.7. The molecule has 3 heterocycles. The summed E-state index contributed by atoms with van der Waals surface area (Å²) in [4.78, 5) is 13.8. The molecule has 2 saturated heterocycles. The highest BCUT2D eigenvalue weighted by Crippen LogP contribution is 2.40. The van der Waals surface area contributed by atoms with E-state index in [1.165, 1.54) is 31.4 Å². The normalized spacial score (nSPS) is 31.1. The lowest BCUT2D eigenvalue weighted by molar-refractivity contribution is -0.277. The predicted molar refractivity (Wildman–Crippen MR) is 141 cm³/mol. The van der Waals surface area contributed by atoms with E-state index in [1.807, 2.05) is 0 Å². The van der Waals surface area contributed by atoms with E-state index in [0.717, 1.165) is 6.07 Å². The molecule has 2 aliphatic rings. The van der Waals surface area contributed by atoms with Gasteiger partial charge in [-0.2, -0.15) is 0 Å². The molecule has 9 atom stereocenters. The quantitative estimate of drug-likeness (QED) is 0.138. The molecule has 2 aliphatic heterocycles. The third-order valence-electron chi connectivity index (χ3n) is 7.14. The standard InChI is InChI=1S/C27H30O16/c1-38-14-4-9(2-3-11(14)29)24-25(43-27-23(37)21(35)19(33)16(7-28)42-27)20(34)17-12(30)5-10(6-15(17)41-24)40-26-22(36)18(32)13(31)8-39-26/h2-6,13,16,18-19,21-23,26-33,35-37H,7-8H2,1H3/t13-,16+,18-,19+,21+,22-,23+,26+,27-/m0/s1. The molecule has 234 valence electrons. The Hall–Kier alpha value is -3.71. The van der Waals surface area contributed by atoms with E-state index in [4.69, 9.17) is 28.1 Å². The average molecular weight is 611 g/mol. The lowest BCUT2D eigenvalue weighted by atomic mass is 9.99. The van der Waals surface area contributed by atoms with Crippen molar-refractivity contribution in [2.45, 2.75) is 55.3 Å². The fourth-order valence-electron chi connectivity index (χ4n) is 4.74. The Morgan fingerprint density at radius 2 is 1.58 bits per heavy atom. The maximum Gasteiger partial charge on any atom is 0.239 e. The molecule has 0 bridgehead atoms. The van der Waals surface area contributed by atoms with Gasteiger partial charge in [0.15, 0.2) is 17.3 Å².